The Balaban J connectivity index is 1.87. The van der Waals surface area contributed by atoms with Gasteiger partial charge >= 0.3 is 12.0 Å². The van der Waals surface area contributed by atoms with Gasteiger partial charge in [-0.25, -0.2) is 4.79 Å². The van der Waals surface area contributed by atoms with Gasteiger partial charge in [0.2, 0.25) is 0 Å². The molecule has 114 valence electrons. The molecular formula is C13H22N2O4S. The zero-order chi connectivity index (χ0) is 14.7. The highest BCUT2D eigenvalue weighted by Crippen LogP contribution is 2.39. The second-order valence-corrected chi connectivity index (χ2v) is 7.29. The minimum Gasteiger partial charge on any atom is -0.481 e. The van der Waals surface area contributed by atoms with Crippen LogP contribution in [0.1, 0.15) is 32.1 Å². The molecule has 0 spiro atoms. The first-order valence-corrected chi connectivity index (χ1v) is 8.78. The lowest BCUT2D eigenvalue weighted by atomic mass is 9.88. The summed E-state index contributed by atoms with van der Waals surface area (Å²) in [6.45, 7) is 0.427. The van der Waals surface area contributed by atoms with Crippen molar-refractivity contribution in [3.63, 3.8) is 0 Å². The Hall–Kier alpha value is -1.11. The van der Waals surface area contributed by atoms with Crippen molar-refractivity contribution in [2.45, 2.75) is 44.2 Å². The van der Waals surface area contributed by atoms with Crippen LogP contribution in [0.4, 0.5) is 4.79 Å². The summed E-state index contributed by atoms with van der Waals surface area (Å²) in [4.78, 5) is 24.9. The predicted octanol–water partition coefficient (Wildman–Crippen LogP) is 0.792. The van der Waals surface area contributed by atoms with Crippen molar-refractivity contribution < 1.29 is 18.9 Å². The molecule has 2 fully saturated rings. The first-order chi connectivity index (χ1) is 9.47. The van der Waals surface area contributed by atoms with Crippen molar-refractivity contribution in [2.24, 2.45) is 5.92 Å². The van der Waals surface area contributed by atoms with E-state index < -0.39 is 16.8 Å². The van der Waals surface area contributed by atoms with E-state index in [2.05, 4.69) is 5.32 Å². The molecule has 0 aliphatic carbocycles. The highest BCUT2D eigenvalue weighted by Gasteiger charge is 2.43. The molecule has 2 aliphatic rings. The van der Waals surface area contributed by atoms with Crippen molar-refractivity contribution in [3.8, 4) is 0 Å². The molecule has 0 aromatic carbocycles. The third kappa shape index (κ3) is 3.71. The average Bonchev–Trinajstić information content (AvgIpc) is 2.60. The first-order valence-electron chi connectivity index (χ1n) is 7.05. The van der Waals surface area contributed by atoms with Gasteiger partial charge in [-0.3, -0.25) is 9.00 Å². The molecule has 3 atom stereocenters. The molecule has 7 heteroatoms. The lowest BCUT2D eigenvalue weighted by Crippen LogP contribution is -2.51. The van der Waals surface area contributed by atoms with E-state index in [1.807, 2.05) is 4.90 Å². The lowest BCUT2D eigenvalue weighted by molar-refractivity contribution is -0.138. The Kier molecular flexibility index (Phi) is 5.01. The van der Waals surface area contributed by atoms with Crippen LogP contribution in [-0.2, 0) is 15.6 Å². The van der Waals surface area contributed by atoms with E-state index in [0.717, 1.165) is 25.7 Å². The normalized spacial score (nSPS) is 30.1. The van der Waals surface area contributed by atoms with E-state index in [0.29, 0.717) is 12.3 Å². The molecule has 0 aromatic heterocycles. The number of piperidine rings is 1. The second-order valence-electron chi connectivity index (χ2n) is 5.74. The second kappa shape index (κ2) is 6.56. The number of nitrogens with one attached hydrogen (secondary N) is 1. The summed E-state index contributed by atoms with van der Waals surface area (Å²) >= 11 is 0. The summed E-state index contributed by atoms with van der Waals surface area (Å²) in [5.74, 6) is -0.0915. The van der Waals surface area contributed by atoms with Gasteiger partial charge in [0, 0.05) is 47.9 Å². The molecule has 0 radical (unpaired) electrons. The molecule has 2 N–H and O–H groups in total. The minimum absolute atomic E-state index is 0.0864. The minimum atomic E-state index is -0.900. The van der Waals surface area contributed by atoms with Crippen LogP contribution < -0.4 is 5.32 Å². The third-order valence-corrected chi connectivity index (χ3v) is 4.97. The number of hydrogen-bond donors (Lipinski definition) is 2. The van der Waals surface area contributed by atoms with E-state index in [9.17, 15) is 13.8 Å². The molecule has 2 heterocycles. The zero-order valence-corrected chi connectivity index (χ0v) is 12.5. The van der Waals surface area contributed by atoms with Gasteiger partial charge in [0.25, 0.3) is 0 Å². The molecule has 2 saturated heterocycles. The van der Waals surface area contributed by atoms with Gasteiger partial charge in [-0.1, -0.05) is 0 Å². The highest BCUT2D eigenvalue weighted by molar-refractivity contribution is 7.84. The van der Waals surface area contributed by atoms with Crippen molar-refractivity contribution in [1.29, 1.82) is 0 Å². The zero-order valence-electron chi connectivity index (χ0n) is 11.7. The van der Waals surface area contributed by atoms with Crippen LogP contribution in [0.2, 0.25) is 0 Å². The third-order valence-electron chi connectivity index (χ3n) is 4.19. The standard InChI is InChI=1S/C13H22N2O4S/c1-20(19)5-4-14-13(18)15-10-2-3-11(15)7-9(6-10)8-12(16)17/h9-11H,2-8H2,1H3,(H,14,18)(H,16,17). The number of carbonyl (C=O) groups is 2. The van der Waals surface area contributed by atoms with Crippen molar-refractivity contribution in [1.82, 2.24) is 10.2 Å². The fourth-order valence-corrected chi connectivity index (χ4v) is 3.82. The number of fused-ring (bicyclic) bond motifs is 2. The van der Waals surface area contributed by atoms with Gasteiger partial charge in [-0.15, -0.1) is 0 Å². The molecular weight excluding hydrogens is 280 g/mol. The largest absolute Gasteiger partial charge is 0.481 e. The van der Waals surface area contributed by atoms with E-state index in [1.165, 1.54) is 0 Å². The van der Waals surface area contributed by atoms with E-state index in [4.69, 9.17) is 5.11 Å². The average molecular weight is 302 g/mol. The topological polar surface area (TPSA) is 86.7 Å². The molecule has 20 heavy (non-hydrogen) atoms. The summed E-state index contributed by atoms with van der Waals surface area (Å²) in [6, 6.07) is 0.257. The van der Waals surface area contributed by atoms with Gasteiger partial charge in [0.15, 0.2) is 0 Å². The molecule has 6 nitrogen and oxygen atoms in total. The van der Waals surface area contributed by atoms with Crippen LogP contribution in [0.25, 0.3) is 0 Å². The van der Waals surface area contributed by atoms with Gasteiger partial charge < -0.3 is 15.3 Å². The maximum Gasteiger partial charge on any atom is 0.317 e. The summed E-state index contributed by atoms with van der Waals surface area (Å²) in [7, 11) is -0.900. The molecule has 2 amide bonds. The van der Waals surface area contributed by atoms with Gasteiger partial charge in [-0.05, 0) is 31.6 Å². The predicted molar refractivity (Wildman–Crippen MR) is 76.0 cm³/mol. The monoisotopic (exact) mass is 302 g/mol. The molecule has 0 aromatic rings. The number of carboxylic acid groups (broad SMARTS) is 1. The summed E-state index contributed by atoms with van der Waals surface area (Å²) < 4.78 is 11.0. The Bertz CT molecular complexity index is 401. The van der Waals surface area contributed by atoms with Gasteiger partial charge in [-0.2, -0.15) is 0 Å². The fraction of sp³-hybridized carbons (Fsp3) is 0.846. The van der Waals surface area contributed by atoms with Crippen molar-refractivity contribution in [3.05, 3.63) is 0 Å². The lowest BCUT2D eigenvalue weighted by Gasteiger charge is -2.38. The van der Waals surface area contributed by atoms with E-state index in [-0.39, 0.29) is 30.5 Å². The summed E-state index contributed by atoms with van der Waals surface area (Å²) in [5.41, 5.74) is 0. The number of carboxylic acids is 1. The number of hydrogen-bond acceptors (Lipinski definition) is 3. The number of carbonyl (C=O) groups excluding carboxylic acids is 1. The summed E-state index contributed by atoms with van der Waals surface area (Å²) in [5, 5.41) is 11.7. The quantitative estimate of drug-likeness (QED) is 0.786. The van der Waals surface area contributed by atoms with Crippen LogP contribution in [0.3, 0.4) is 0 Å². The Morgan fingerprint density at radius 3 is 2.40 bits per heavy atom. The number of aliphatic carboxylic acids is 1. The Morgan fingerprint density at radius 1 is 1.30 bits per heavy atom. The molecule has 2 aliphatic heterocycles. The Morgan fingerprint density at radius 2 is 1.90 bits per heavy atom. The van der Waals surface area contributed by atoms with Gasteiger partial charge in [0.05, 0.1) is 0 Å². The maximum atomic E-state index is 12.2. The molecule has 0 saturated carbocycles. The summed E-state index contributed by atoms with van der Waals surface area (Å²) in [6.07, 6.45) is 5.33. The SMILES string of the molecule is CS(=O)CCNC(=O)N1C2CCC1CC(CC(=O)O)C2. The number of urea groups is 1. The van der Waals surface area contributed by atoms with Crippen LogP contribution in [0.5, 0.6) is 0 Å². The maximum absolute atomic E-state index is 12.2. The molecule has 2 rings (SSSR count). The van der Waals surface area contributed by atoms with Crippen LogP contribution >= 0.6 is 0 Å². The fourth-order valence-electron chi connectivity index (χ4n) is 3.43. The van der Waals surface area contributed by atoms with Crippen molar-refractivity contribution >= 4 is 22.8 Å². The molecule has 3 unspecified atom stereocenters. The van der Waals surface area contributed by atoms with E-state index in [1.54, 1.807) is 6.26 Å². The van der Waals surface area contributed by atoms with Crippen LogP contribution in [-0.4, -0.2) is 56.9 Å². The highest BCUT2D eigenvalue weighted by atomic mass is 32.2. The van der Waals surface area contributed by atoms with Crippen molar-refractivity contribution in [2.75, 3.05) is 18.6 Å². The molecule has 2 bridgehead atoms. The Labute approximate surface area is 121 Å². The van der Waals surface area contributed by atoms with E-state index >= 15 is 0 Å². The van der Waals surface area contributed by atoms with Crippen LogP contribution in [0, 0.1) is 5.92 Å². The van der Waals surface area contributed by atoms with Crippen LogP contribution in [0.15, 0.2) is 0 Å². The number of nitrogens with zero attached hydrogens (tertiary/aromatic N) is 1. The first kappa shape index (κ1) is 15.3. The number of amides is 2. The smallest absolute Gasteiger partial charge is 0.317 e. The number of rotatable bonds is 5. The van der Waals surface area contributed by atoms with Gasteiger partial charge in [0.1, 0.15) is 0 Å².